The van der Waals surface area contributed by atoms with Crippen molar-refractivity contribution < 1.29 is 18.7 Å². The summed E-state index contributed by atoms with van der Waals surface area (Å²) < 4.78 is 10.4. The predicted molar refractivity (Wildman–Crippen MR) is 128 cm³/mol. The summed E-state index contributed by atoms with van der Waals surface area (Å²) in [6.45, 7) is 3.32. The minimum Gasteiger partial charge on any atom is -0.497 e. The maximum Gasteiger partial charge on any atom is 0.260 e. The number of aryl methyl sites for hydroxylation is 2. The number of carbonyl (C=O) groups excluding carboxylic acids is 2. The first-order valence-electron chi connectivity index (χ1n) is 11.2. The number of anilines is 1. The zero-order chi connectivity index (χ0) is 23.2. The van der Waals surface area contributed by atoms with E-state index in [1.165, 1.54) is 23.2 Å². The normalized spacial score (nSPS) is 14.3. The molecule has 0 radical (unpaired) electrons. The number of methoxy groups -OCH3 is 1. The number of nitrogens with zero attached hydrogens (tertiary/aromatic N) is 2. The van der Waals surface area contributed by atoms with Gasteiger partial charge in [-0.1, -0.05) is 12.1 Å². The lowest BCUT2D eigenvalue weighted by Gasteiger charge is -2.32. The second-order valence-corrected chi connectivity index (χ2v) is 9.23. The Morgan fingerprint density at radius 2 is 1.97 bits per heavy atom. The molecule has 1 aliphatic rings. The number of furan rings is 1. The van der Waals surface area contributed by atoms with Crippen LogP contribution in [0, 0.1) is 12.8 Å². The van der Waals surface area contributed by atoms with Gasteiger partial charge in [0.15, 0.2) is 5.13 Å². The Bertz CT molecular complexity index is 1080. The van der Waals surface area contributed by atoms with E-state index >= 15 is 0 Å². The highest BCUT2D eigenvalue weighted by atomic mass is 32.1. The third kappa shape index (κ3) is 6.01. The van der Waals surface area contributed by atoms with Crippen molar-refractivity contribution in [1.82, 2.24) is 9.88 Å². The van der Waals surface area contributed by atoms with Crippen LogP contribution in [-0.2, 0) is 17.6 Å². The molecule has 7 nitrogen and oxygen atoms in total. The summed E-state index contributed by atoms with van der Waals surface area (Å²) in [5.74, 6) is 1.92. The van der Waals surface area contributed by atoms with Gasteiger partial charge in [-0.3, -0.25) is 14.9 Å². The number of thiazole rings is 1. The van der Waals surface area contributed by atoms with Gasteiger partial charge in [0.05, 0.1) is 31.1 Å². The molecule has 2 amide bonds. The van der Waals surface area contributed by atoms with Gasteiger partial charge in [-0.05, 0) is 62.3 Å². The van der Waals surface area contributed by atoms with Gasteiger partial charge in [0.25, 0.3) is 5.91 Å². The fourth-order valence-corrected chi connectivity index (χ4v) is 4.84. The molecule has 174 valence electrons. The van der Waals surface area contributed by atoms with Gasteiger partial charge in [-0.25, -0.2) is 4.98 Å². The largest absolute Gasteiger partial charge is 0.497 e. The number of rotatable bonds is 8. The second-order valence-electron chi connectivity index (χ2n) is 8.38. The van der Waals surface area contributed by atoms with Crippen molar-refractivity contribution in [2.45, 2.75) is 39.0 Å². The topological polar surface area (TPSA) is 84.7 Å². The first-order chi connectivity index (χ1) is 16.0. The maximum atomic E-state index is 12.8. The van der Waals surface area contributed by atoms with E-state index in [1.807, 2.05) is 22.4 Å². The number of likely N-dealkylation sites (tertiary alicyclic amines) is 1. The minimum atomic E-state index is -0.259. The monoisotopic (exact) mass is 467 g/mol. The second kappa shape index (κ2) is 10.7. The highest BCUT2D eigenvalue weighted by Crippen LogP contribution is 2.24. The lowest BCUT2D eigenvalue weighted by Crippen LogP contribution is -2.39. The molecule has 1 saturated heterocycles. The molecule has 0 unspecified atom stereocenters. The van der Waals surface area contributed by atoms with Crippen LogP contribution in [0.1, 0.15) is 46.6 Å². The van der Waals surface area contributed by atoms with Gasteiger partial charge < -0.3 is 14.1 Å². The molecule has 0 atom stereocenters. The summed E-state index contributed by atoms with van der Waals surface area (Å²) >= 11 is 1.32. The molecule has 4 rings (SSSR count). The van der Waals surface area contributed by atoms with Gasteiger partial charge in [0.2, 0.25) is 5.91 Å². The van der Waals surface area contributed by atoms with Gasteiger partial charge in [-0.2, -0.15) is 0 Å². The van der Waals surface area contributed by atoms with Crippen LogP contribution in [0.3, 0.4) is 0 Å². The Morgan fingerprint density at radius 3 is 2.64 bits per heavy atom. The molecule has 0 aliphatic carbocycles. The Labute approximate surface area is 197 Å². The molecule has 0 bridgehead atoms. The van der Waals surface area contributed by atoms with Gasteiger partial charge in [0, 0.05) is 18.5 Å². The van der Waals surface area contributed by atoms with Crippen molar-refractivity contribution in [3.63, 3.8) is 0 Å². The number of amides is 2. The van der Waals surface area contributed by atoms with Gasteiger partial charge in [0.1, 0.15) is 11.5 Å². The smallest absolute Gasteiger partial charge is 0.260 e. The van der Waals surface area contributed by atoms with E-state index in [1.54, 1.807) is 20.1 Å². The molecule has 8 heteroatoms. The lowest BCUT2D eigenvalue weighted by molar-refractivity contribution is -0.131. The molecular weight excluding hydrogens is 438 g/mol. The van der Waals surface area contributed by atoms with Crippen LogP contribution in [-0.4, -0.2) is 41.9 Å². The van der Waals surface area contributed by atoms with Crippen LogP contribution in [0.2, 0.25) is 0 Å². The molecule has 1 fully saturated rings. The first-order valence-corrected chi connectivity index (χ1v) is 12.1. The molecule has 1 aliphatic heterocycles. The summed E-state index contributed by atoms with van der Waals surface area (Å²) in [6.07, 6.45) is 5.99. The number of hydrogen-bond acceptors (Lipinski definition) is 6. The van der Waals surface area contributed by atoms with Crippen LogP contribution in [0.25, 0.3) is 0 Å². The highest BCUT2D eigenvalue weighted by Gasteiger charge is 2.23. The van der Waals surface area contributed by atoms with Crippen LogP contribution < -0.4 is 10.1 Å². The van der Waals surface area contributed by atoms with Crippen molar-refractivity contribution in [2.24, 2.45) is 5.92 Å². The van der Waals surface area contributed by atoms with Crippen LogP contribution >= 0.6 is 11.3 Å². The highest BCUT2D eigenvalue weighted by molar-refractivity contribution is 7.14. The summed E-state index contributed by atoms with van der Waals surface area (Å²) in [4.78, 5) is 31.4. The number of piperidine rings is 1. The van der Waals surface area contributed by atoms with Crippen LogP contribution in [0.4, 0.5) is 5.13 Å². The van der Waals surface area contributed by atoms with Crippen molar-refractivity contribution in [2.75, 3.05) is 25.5 Å². The van der Waals surface area contributed by atoms with E-state index in [9.17, 15) is 9.59 Å². The van der Waals surface area contributed by atoms with E-state index in [2.05, 4.69) is 22.4 Å². The third-order valence-electron chi connectivity index (χ3n) is 6.18. The summed E-state index contributed by atoms with van der Waals surface area (Å²) in [7, 11) is 1.68. The summed E-state index contributed by atoms with van der Waals surface area (Å²) in [5, 5.41) is 5.09. The Hall–Kier alpha value is -3.13. The quantitative estimate of drug-likeness (QED) is 0.518. The number of ether oxygens (including phenoxy) is 1. The van der Waals surface area contributed by atoms with Gasteiger partial charge >= 0.3 is 0 Å². The molecule has 2 aromatic heterocycles. The summed E-state index contributed by atoms with van der Waals surface area (Å²) in [6, 6.07) is 9.88. The fraction of sp³-hybridized carbons (Fsp3) is 0.400. The van der Waals surface area contributed by atoms with E-state index in [0.717, 1.165) is 44.5 Å². The number of aromatic nitrogens is 1. The zero-order valence-electron chi connectivity index (χ0n) is 19.0. The SMILES string of the molecule is COc1ccc(CCC2CCN(C(=O)Cc3csc(NC(=O)c4ccoc4C)n3)CC2)cc1. The Morgan fingerprint density at radius 1 is 1.21 bits per heavy atom. The number of nitrogens with one attached hydrogen (secondary N) is 1. The molecule has 33 heavy (non-hydrogen) atoms. The Kier molecular flexibility index (Phi) is 7.44. The number of benzene rings is 1. The number of carbonyl (C=O) groups is 2. The lowest BCUT2D eigenvalue weighted by atomic mass is 9.90. The third-order valence-corrected chi connectivity index (χ3v) is 6.98. The predicted octanol–water partition coefficient (Wildman–Crippen LogP) is 4.72. The molecule has 3 aromatic rings. The van der Waals surface area contributed by atoms with Gasteiger partial charge in [-0.15, -0.1) is 11.3 Å². The molecule has 0 spiro atoms. The molecule has 1 N–H and O–H groups in total. The van der Waals surface area contributed by atoms with Crippen LogP contribution in [0.15, 0.2) is 46.4 Å². The molecule has 1 aromatic carbocycles. The van der Waals surface area contributed by atoms with E-state index in [4.69, 9.17) is 9.15 Å². The number of hydrogen-bond donors (Lipinski definition) is 1. The zero-order valence-corrected chi connectivity index (χ0v) is 19.8. The van der Waals surface area contributed by atoms with Crippen molar-refractivity contribution in [3.05, 3.63) is 64.6 Å². The Balaban J connectivity index is 1.21. The first kappa shape index (κ1) is 23.0. The summed E-state index contributed by atoms with van der Waals surface area (Å²) in [5.41, 5.74) is 2.49. The maximum absolute atomic E-state index is 12.8. The average molecular weight is 468 g/mol. The van der Waals surface area contributed by atoms with E-state index in [-0.39, 0.29) is 18.2 Å². The van der Waals surface area contributed by atoms with Crippen molar-refractivity contribution in [3.8, 4) is 5.75 Å². The van der Waals surface area contributed by atoms with Crippen LogP contribution in [0.5, 0.6) is 5.75 Å². The van der Waals surface area contributed by atoms with Crippen molar-refractivity contribution >= 4 is 28.3 Å². The minimum absolute atomic E-state index is 0.0949. The molecule has 3 heterocycles. The average Bonchev–Trinajstić information content (AvgIpc) is 3.46. The molecular formula is C25H29N3O4S. The van der Waals surface area contributed by atoms with E-state index in [0.29, 0.717) is 28.1 Å². The fourth-order valence-electron chi connectivity index (χ4n) is 4.13. The van der Waals surface area contributed by atoms with Crippen molar-refractivity contribution in [1.29, 1.82) is 0 Å². The molecule has 0 saturated carbocycles. The van der Waals surface area contributed by atoms with E-state index < -0.39 is 0 Å². The standard InChI is InChI=1S/C25H29N3O4S/c1-17-22(11-14-32-17)24(30)27-25-26-20(16-33-25)15-23(29)28-12-9-19(10-13-28)4-3-18-5-7-21(31-2)8-6-18/h5-8,11,14,16,19H,3-4,9-10,12-13,15H2,1-2H3,(H,26,27,30).